The van der Waals surface area contributed by atoms with Crippen LogP contribution in [0.15, 0.2) is 0 Å². The van der Waals surface area contributed by atoms with Crippen LogP contribution in [0.3, 0.4) is 0 Å². The standard InChI is InChI=1S/C18H37N3O3/c1-3-19-12-23-17-8-6-16(7-9-17)21-14-24-18-10-4-15(5-11-18)20-13-22-2/h15-21H,3-14H2,1-2H3. The summed E-state index contributed by atoms with van der Waals surface area (Å²) in [5.41, 5.74) is 0. The fourth-order valence-corrected chi connectivity index (χ4v) is 3.63. The maximum atomic E-state index is 6.03. The lowest BCUT2D eigenvalue weighted by Crippen LogP contribution is -2.40. The van der Waals surface area contributed by atoms with Gasteiger partial charge in [-0.3, -0.25) is 16.0 Å². The van der Waals surface area contributed by atoms with Crippen LogP contribution in [0, 0.1) is 0 Å². The molecule has 24 heavy (non-hydrogen) atoms. The lowest BCUT2D eigenvalue weighted by molar-refractivity contribution is -0.00922. The smallest absolute Gasteiger partial charge is 0.0971 e. The minimum absolute atomic E-state index is 0.415. The summed E-state index contributed by atoms with van der Waals surface area (Å²) in [6, 6.07) is 1.18. The van der Waals surface area contributed by atoms with Gasteiger partial charge in [-0.1, -0.05) is 6.92 Å². The topological polar surface area (TPSA) is 63.8 Å². The van der Waals surface area contributed by atoms with Gasteiger partial charge in [-0.25, -0.2) is 0 Å². The molecule has 0 atom stereocenters. The SMILES string of the molecule is CCNCOC1CCC(NCOC2CCC(NCOC)CC2)CC1. The molecule has 6 heteroatoms. The second kappa shape index (κ2) is 12.2. The van der Waals surface area contributed by atoms with Crippen molar-refractivity contribution in [2.45, 2.75) is 82.6 Å². The van der Waals surface area contributed by atoms with E-state index < -0.39 is 0 Å². The van der Waals surface area contributed by atoms with Crippen molar-refractivity contribution in [1.82, 2.24) is 16.0 Å². The van der Waals surface area contributed by atoms with Gasteiger partial charge in [-0.05, 0) is 57.9 Å². The predicted molar refractivity (Wildman–Crippen MR) is 95.8 cm³/mol. The third kappa shape index (κ3) is 7.76. The summed E-state index contributed by atoms with van der Waals surface area (Å²) in [6.45, 7) is 5.10. The van der Waals surface area contributed by atoms with Crippen LogP contribution < -0.4 is 16.0 Å². The highest BCUT2D eigenvalue weighted by Crippen LogP contribution is 2.22. The van der Waals surface area contributed by atoms with E-state index in [0.29, 0.717) is 44.5 Å². The lowest BCUT2D eigenvalue weighted by atomic mass is 9.93. The number of ether oxygens (including phenoxy) is 3. The Morgan fingerprint density at radius 1 is 0.708 bits per heavy atom. The summed E-state index contributed by atoms with van der Waals surface area (Å²) in [5.74, 6) is 0. The normalized spacial score (nSPS) is 31.2. The second-order valence-corrected chi connectivity index (χ2v) is 7.01. The number of methoxy groups -OCH3 is 1. The van der Waals surface area contributed by atoms with E-state index in [-0.39, 0.29) is 0 Å². The van der Waals surface area contributed by atoms with E-state index in [4.69, 9.17) is 14.2 Å². The maximum absolute atomic E-state index is 6.03. The van der Waals surface area contributed by atoms with E-state index in [9.17, 15) is 0 Å². The molecule has 0 heterocycles. The van der Waals surface area contributed by atoms with Gasteiger partial charge >= 0.3 is 0 Å². The average molecular weight is 344 g/mol. The molecule has 0 amide bonds. The fourth-order valence-electron chi connectivity index (χ4n) is 3.63. The molecule has 0 aromatic heterocycles. The first kappa shape index (κ1) is 20.1. The number of nitrogens with one attached hydrogen (secondary N) is 3. The van der Waals surface area contributed by atoms with Crippen molar-refractivity contribution in [3.8, 4) is 0 Å². The van der Waals surface area contributed by atoms with Gasteiger partial charge in [-0.2, -0.15) is 0 Å². The maximum Gasteiger partial charge on any atom is 0.0971 e. The second-order valence-electron chi connectivity index (χ2n) is 7.01. The van der Waals surface area contributed by atoms with Crippen molar-refractivity contribution in [1.29, 1.82) is 0 Å². The summed E-state index contributed by atoms with van der Waals surface area (Å²) in [4.78, 5) is 0. The first-order valence-electron chi connectivity index (χ1n) is 9.71. The molecule has 0 saturated heterocycles. The van der Waals surface area contributed by atoms with Crippen molar-refractivity contribution in [2.24, 2.45) is 0 Å². The van der Waals surface area contributed by atoms with E-state index in [1.807, 2.05) is 0 Å². The minimum Gasteiger partial charge on any atom is -0.370 e. The highest BCUT2D eigenvalue weighted by molar-refractivity contribution is 4.78. The molecule has 2 saturated carbocycles. The quantitative estimate of drug-likeness (QED) is 0.394. The van der Waals surface area contributed by atoms with E-state index in [1.54, 1.807) is 7.11 Å². The Labute approximate surface area is 147 Å². The highest BCUT2D eigenvalue weighted by atomic mass is 16.5. The number of hydrogen-bond acceptors (Lipinski definition) is 6. The summed E-state index contributed by atoms with van der Waals surface area (Å²) in [7, 11) is 1.73. The molecule has 3 N–H and O–H groups in total. The molecule has 0 aromatic rings. The van der Waals surface area contributed by atoms with Gasteiger partial charge in [-0.15, -0.1) is 0 Å². The van der Waals surface area contributed by atoms with Gasteiger partial charge in [0.05, 0.1) is 32.4 Å². The van der Waals surface area contributed by atoms with Gasteiger partial charge < -0.3 is 14.2 Å². The van der Waals surface area contributed by atoms with Crippen LogP contribution in [-0.2, 0) is 14.2 Å². The molecule has 142 valence electrons. The van der Waals surface area contributed by atoms with Gasteiger partial charge in [0.1, 0.15) is 0 Å². The molecule has 0 radical (unpaired) electrons. The zero-order valence-electron chi connectivity index (χ0n) is 15.5. The first-order chi connectivity index (χ1) is 11.8. The monoisotopic (exact) mass is 343 g/mol. The minimum atomic E-state index is 0.415. The summed E-state index contributed by atoms with van der Waals surface area (Å²) < 4.78 is 16.9. The first-order valence-corrected chi connectivity index (χ1v) is 9.71. The zero-order valence-corrected chi connectivity index (χ0v) is 15.5. The Bertz CT molecular complexity index is 304. The van der Waals surface area contributed by atoms with Crippen LogP contribution in [-0.4, -0.2) is 58.1 Å². The molecule has 0 bridgehead atoms. The van der Waals surface area contributed by atoms with Crippen LogP contribution in [0.4, 0.5) is 0 Å². The van der Waals surface area contributed by atoms with E-state index in [1.165, 1.54) is 25.7 Å². The third-order valence-corrected chi connectivity index (χ3v) is 5.23. The Balaban J connectivity index is 1.47. The Morgan fingerprint density at radius 3 is 1.71 bits per heavy atom. The molecule has 0 aromatic carbocycles. The van der Waals surface area contributed by atoms with Crippen LogP contribution in [0.25, 0.3) is 0 Å². The molecule has 0 spiro atoms. The highest BCUT2D eigenvalue weighted by Gasteiger charge is 2.23. The molecule has 0 aliphatic heterocycles. The largest absolute Gasteiger partial charge is 0.370 e. The molecular weight excluding hydrogens is 306 g/mol. The van der Waals surface area contributed by atoms with Crippen LogP contribution >= 0.6 is 0 Å². The Hall–Kier alpha value is -0.240. The molecule has 2 rings (SSSR count). The summed E-state index contributed by atoms with van der Waals surface area (Å²) >= 11 is 0. The van der Waals surface area contributed by atoms with Gasteiger partial charge in [0, 0.05) is 19.2 Å². The summed E-state index contributed by atoms with van der Waals surface area (Å²) in [5, 5.41) is 10.2. The molecule has 2 fully saturated rings. The summed E-state index contributed by atoms with van der Waals surface area (Å²) in [6.07, 6.45) is 10.2. The average Bonchev–Trinajstić information content (AvgIpc) is 2.62. The molecule has 2 aliphatic rings. The molecular formula is C18H37N3O3. The van der Waals surface area contributed by atoms with Crippen molar-refractivity contribution in [2.75, 3.05) is 33.8 Å². The van der Waals surface area contributed by atoms with Crippen LogP contribution in [0.1, 0.15) is 58.3 Å². The van der Waals surface area contributed by atoms with E-state index >= 15 is 0 Å². The molecule has 2 aliphatic carbocycles. The van der Waals surface area contributed by atoms with Gasteiger partial charge in [0.25, 0.3) is 0 Å². The number of rotatable bonds is 11. The van der Waals surface area contributed by atoms with Crippen molar-refractivity contribution in [3.05, 3.63) is 0 Å². The van der Waals surface area contributed by atoms with Gasteiger partial charge in [0.15, 0.2) is 0 Å². The third-order valence-electron chi connectivity index (χ3n) is 5.23. The molecule has 6 nitrogen and oxygen atoms in total. The zero-order chi connectivity index (χ0) is 17.0. The van der Waals surface area contributed by atoms with Crippen molar-refractivity contribution < 1.29 is 14.2 Å². The van der Waals surface area contributed by atoms with Crippen LogP contribution in [0.2, 0.25) is 0 Å². The lowest BCUT2D eigenvalue weighted by Gasteiger charge is -2.31. The van der Waals surface area contributed by atoms with Crippen molar-refractivity contribution >= 4 is 0 Å². The Morgan fingerprint density at radius 2 is 1.21 bits per heavy atom. The fraction of sp³-hybridized carbons (Fsp3) is 1.00. The van der Waals surface area contributed by atoms with Crippen LogP contribution in [0.5, 0.6) is 0 Å². The van der Waals surface area contributed by atoms with Crippen molar-refractivity contribution in [3.63, 3.8) is 0 Å². The van der Waals surface area contributed by atoms with Gasteiger partial charge in [0.2, 0.25) is 0 Å². The number of hydrogen-bond donors (Lipinski definition) is 3. The van der Waals surface area contributed by atoms with E-state index in [0.717, 1.165) is 32.2 Å². The molecule has 0 unspecified atom stereocenters. The predicted octanol–water partition coefficient (Wildman–Crippen LogP) is 1.95. The Kier molecular flexibility index (Phi) is 10.2. The van der Waals surface area contributed by atoms with E-state index in [2.05, 4.69) is 22.9 Å².